The van der Waals surface area contributed by atoms with Crippen LogP contribution >= 0.6 is 0 Å². The van der Waals surface area contributed by atoms with Crippen molar-refractivity contribution in [1.82, 2.24) is 4.90 Å². The van der Waals surface area contributed by atoms with Gasteiger partial charge in [-0.15, -0.1) is 0 Å². The summed E-state index contributed by atoms with van der Waals surface area (Å²) in [6, 6.07) is 0.330. The Morgan fingerprint density at radius 3 is 2.38 bits per heavy atom. The van der Waals surface area contributed by atoms with Crippen molar-refractivity contribution in [1.29, 1.82) is 0 Å². The Balaban J connectivity index is 2.46. The highest BCUT2D eigenvalue weighted by molar-refractivity contribution is 5.75. The van der Waals surface area contributed by atoms with E-state index in [-0.39, 0.29) is 11.9 Å². The molecule has 1 fully saturated rings. The van der Waals surface area contributed by atoms with Gasteiger partial charge >= 0.3 is 5.97 Å². The first-order valence-electron chi connectivity index (χ1n) is 5.99. The van der Waals surface area contributed by atoms with Gasteiger partial charge in [-0.05, 0) is 12.8 Å². The van der Waals surface area contributed by atoms with Crippen LogP contribution in [0.15, 0.2) is 0 Å². The minimum atomic E-state index is -0.248. The summed E-state index contributed by atoms with van der Waals surface area (Å²) in [5, 5.41) is 0. The lowest BCUT2D eigenvalue weighted by Crippen LogP contribution is -2.41. The lowest BCUT2D eigenvalue weighted by atomic mass is 9.94. The van der Waals surface area contributed by atoms with Crippen LogP contribution in [0.4, 0.5) is 0 Å². The fraction of sp³-hybridized carbons (Fsp3) is 0.833. The van der Waals surface area contributed by atoms with E-state index in [2.05, 4.69) is 4.74 Å². The first kappa shape index (κ1) is 13.0. The Labute approximate surface area is 96.9 Å². The highest BCUT2D eigenvalue weighted by atomic mass is 16.5. The molecule has 0 saturated heterocycles. The van der Waals surface area contributed by atoms with Gasteiger partial charge in [0, 0.05) is 19.5 Å². The first-order valence-corrected chi connectivity index (χ1v) is 5.99. The number of carbonyl (C=O) groups excluding carboxylic acids is 2. The van der Waals surface area contributed by atoms with Gasteiger partial charge in [0.2, 0.25) is 5.91 Å². The van der Waals surface area contributed by atoms with Gasteiger partial charge in [-0.3, -0.25) is 9.59 Å². The zero-order valence-electron chi connectivity index (χ0n) is 10.2. The van der Waals surface area contributed by atoms with E-state index in [9.17, 15) is 9.59 Å². The van der Waals surface area contributed by atoms with Crippen LogP contribution in [0.1, 0.15) is 45.4 Å². The Morgan fingerprint density at radius 2 is 1.88 bits per heavy atom. The fourth-order valence-electron chi connectivity index (χ4n) is 2.30. The van der Waals surface area contributed by atoms with Gasteiger partial charge in [0.15, 0.2) is 0 Å². The van der Waals surface area contributed by atoms with E-state index < -0.39 is 0 Å². The van der Waals surface area contributed by atoms with Gasteiger partial charge in [-0.25, -0.2) is 0 Å². The Morgan fingerprint density at radius 1 is 1.25 bits per heavy atom. The number of hydrogen-bond donors (Lipinski definition) is 0. The predicted octanol–water partition coefficient (Wildman–Crippen LogP) is 1.73. The van der Waals surface area contributed by atoms with E-state index >= 15 is 0 Å². The van der Waals surface area contributed by atoms with E-state index in [4.69, 9.17) is 0 Å². The van der Waals surface area contributed by atoms with Gasteiger partial charge < -0.3 is 9.64 Å². The second-order valence-corrected chi connectivity index (χ2v) is 4.33. The normalized spacial score (nSPS) is 16.9. The largest absolute Gasteiger partial charge is 0.469 e. The molecule has 0 aromatic carbocycles. The summed E-state index contributed by atoms with van der Waals surface area (Å²) in [6.07, 6.45) is 6.08. The van der Waals surface area contributed by atoms with Crippen molar-refractivity contribution in [3.63, 3.8) is 0 Å². The lowest BCUT2D eigenvalue weighted by molar-refractivity contribution is -0.142. The van der Waals surface area contributed by atoms with E-state index in [1.807, 2.05) is 4.90 Å². The molecule has 0 aliphatic heterocycles. The molecule has 16 heavy (non-hydrogen) atoms. The quantitative estimate of drug-likeness (QED) is 0.687. The van der Waals surface area contributed by atoms with E-state index in [0.717, 1.165) is 12.8 Å². The average Bonchev–Trinajstić information content (AvgIpc) is 2.30. The number of rotatable bonds is 4. The minimum absolute atomic E-state index is 0.0656. The predicted molar refractivity (Wildman–Crippen MR) is 60.9 cm³/mol. The number of methoxy groups -OCH3 is 1. The number of hydrogen-bond acceptors (Lipinski definition) is 3. The maximum atomic E-state index is 11.5. The monoisotopic (exact) mass is 227 g/mol. The van der Waals surface area contributed by atoms with Gasteiger partial charge in [-0.2, -0.15) is 0 Å². The highest BCUT2D eigenvalue weighted by Gasteiger charge is 2.23. The number of nitrogens with zero attached hydrogens (tertiary/aromatic N) is 1. The zero-order chi connectivity index (χ0) is 12.0. The van der Waals surface area contributed by atoms with Gasteiger partial charge in [-0.1, -0.05) is 19.3 Å². The molecular weight excluding hydrogens is 206 g/mol. The molecule has 0 bridgehead atoms. The topological polar surface area (TPSA) is 46.6 Å². The summed E-state index contributed by atoms with van der Waals surface area (Å²) in [7, 11) is 1.38. The lowest BCUT2D eigenvalue weighted by Gasteiger charge is -2.33. The van der Waals surface area contributed by atoms with Crippen LogP contribution in [0.2, 0.25) is 0 Å². The third kappa shape index (κ3) is 3.83. The first-order chi connectivity index (χ1) is 7.65. The molecule has 0 aromatic heterocycles. The molecule has 0 heterocycles. The van der Waals surface area contributed by atoms with E-state index in [1.165, 1.54) is 26.4 Å². The second kappa shape index (κ2) is 6.51. The number of esters is 1. The standard InChI is InChI=1S/C12H21NO3/c1-10(14)13(9-8-12(15)16-2)11-6-4-3-5-7-11/h11H,3-9H2,1-2H3. The molecule has 1 aliphatic rings. The van der Waals surface area contributed by atoms with Crippen LogP contribution in [0, 0.1) is 0 Å². The summed E-state index contributed by atoms with van der Waals surface area (Å²) in [5.41, 5.74) is 0. The maximum absolute atomic E-state index is 11.5. The van der Waals surface area contributed by atoms with Crippen LogP contribution in [-0.2, 0) is 14.3 Å². The molecule has 4 heteroatoms. The Kier molecular flexibility index (Phi) is 5.29. The highest BCUT2D eigenvalue weighted by Crippen LogP contribution is 2.22. The number of carbonyl (C=O) groups is 2. The number of amides is 1. The van der Waals surface area contributed by atoms with Crippen molar-refractivity contribution in [3.05, 3.63) is 0 Å². The van der Waals surface area contributed by atoms with Crippen molar-refractivity contribution >= 4 is 11.9 Å². The molecule has 1 saturated carbocycles. The van der Waals surface area contributed by atoms with Crippen molar-refractivity contribution in [3.8, 4) is 0 Å². The van der Waals surface area contributed by atoms with Crippen molar-refractivity contribution in [2.24, 2.45) is 0 Å². The minimum Gasteiger partial charge on any atom is -0.469 e. The molecule has 1 rings (SSSR count). The van der Waals surface area contributed by atoms with Crippen molar-refractivity contribution < 1.29 is 14.3 Å². The molecule has 1 aliphatic carbocycles. The summed E-state index contributed by atoms with van der Waals surface area (Å²) in [4.78, 5) is 24.4. The van der Waals surface area contributed by atoms with Crippen LogP contribution in [-0.4, -0.2) is 36.5 Å². The van der Waals surface area contributed by atoms with Crippen LogP contribution in [0.25, 0.3) is 0 Å². The molecule has 4 nitrogen and oxygen atoms in total. The summed E-state index contributed by atoms with van der Waals surface area (Å²) >= 11 is 0. The van der Waals surface area contributed by atoms with E-state index in [1.54, 1.807) is 6.92 Å². The average molecular weight is 227 g/mol. The third-order valence-corrected chi connectivity index (χ3v) is 3.20. The molecule has 0 atom stereocenters. The number of ether oxygens (including phenoxy) is 1. The third-order valence-electron chi connectivity index (χ3n) is 3.20. The molecule has 0 N–H and O–H groups in total. The molecule has 0 aromatic rings. The molecule has 0 unspecified atom stereocenters. The molecule has 0 spiro atoms. The van der Waals surface area contributed by atoms with Gasteiger partial charge in [0.25, 0.3) is 0 Å². The molecular formula is C12H21NO3. The Bertz CT molecular complexity index is 247. The molecule has 1 amide bonds. The second-order valence-electron chi connectivity index (χ2n) is 4.33. The molecule has 92 valence electrons. The maximum Gasteiger partial charge on any atom is 0.307 e. The Hall–Kier alpha value is -1.06. The smallest absolute Gasteiger partial charge is 0.307 e. The zero-order valence-corrected chi connectivity index (χ0v) is 10.2. The van der Waals surface area contributed by atoms with Gasteiger partial charge in [0.1, 0.15) is 0 Å². The van der Waals surface area contributed by atoms with Gasteiger partial charge in [0.05, 0.1) is 13.5 Å². The summed E-state index contributed by atoms with van der Waals surface area (Å²) in [5.74, 6) is -0.183. The summed E-state index contributed by atoms with van der Waals surface area (Å²) < 4.78 is 4.59. The van der Waals surface area contributed by atoms with Crippen molar-refractivity contribution in [2.45, 2.75) is 51.5 Å². The van der Waals surface area contributed by atoms with Crippen LogP contribution < -0.4 is 0 Å². The molecule has 0 radical (unpaired) electrons. The SMILES string of the molecule is COC(=O)CCN(C(C)=O)C1CCCCC1. The van der Waals surface area contributed by atoms with E-state index in [0.29, 0.717) is 19.0 Å². The van der Waals surface area contributed by atoms with Crippen LogP contribution in [0.3, 0.4) is 0 Å². The fourth-order valence-corrected chi connectivity index (χ4v) is 2.30. The van der Waals surface area contributed by atoms with Crippen LogP contribution in [0.5, 0.6) is 0 Å². The van der Waals surface area contributed by atoms with Crippen molar-refractivity contribution in [2.75, 3.05) is 13.7 Å². The summed E-state index contributed by atoms with van der Waals surface area (Å²) in [6.45, 7) is 2.07.